The smallest absolute Gasteiger partial charge is 0.264 e. The van der Waals surface area contributed by atoms with Crippen molar-refractivity contribution in [3.8, 4) is 5.75 Å². The highest BCUT2D eigenvalue weighted by atomic mass is 32.2. The van der Waals surface area contributed by atoms with Crippen LogP contribution < -0.4 is 10.2 Å². The Bertz CT molecular complexity index is 926. The third-order valence-electron chi connectivity index (χ3n) is 5.38. The van der Waals surface area contributed by atoms with Gasteiger partial charge in [0, 0.05) is 18.9 Å². The maximum atomic E-state index is 13.7. The van der Waals surface area contributed by atoms with E-state index < -0.39 is 21.5 Å². The Morgan fingerprint density at radius 3 is 2.45 bits per heavy atom. The van der Waals surface area contributed by atoms with Crippen molar-refractivity contribution in [3.63, 3.8) is 0 Å². The molecular formula is C20H25N3O5S. The minimum Gasteiger partial charge on any atom is -0.497 e. The average Bonchev–Trinajstić information content (AvgIpc) is 2.78. The lowest BCUT2D eigenvalue weighted by Gasteiger charge is -2.43. The number of ether oxygens (including phenoxy) is 1. The van der Waals surface area contributed by atoms with E-state index in [1.165, 1.54) is 23.5 Å². The number of hydroxylamine groups is 1. The lowest BCUT2D eigenvalue weighted by Crippen LogP contribution is -2.60. The molecule has 1 aromatic carbocycles. The fourth-order valence-corrected chi connectivity index (χ4v) is 5.61. The van der Waals surface area contributed by atoms with Gasteiger partial charge in [-0.25, -0.2) is 13.9 Å². The predicted octanol–water partition coefficient (Wildman–Crippen LogP) is 2.49. The van der Waals surface area contributed by atoms with Crippen molar-refractivity contribution in [2.45, 2.75) is 49.1 Å². The number of nitrogens with one attached hydrogen (secondary N) is 1. The van der Waals surface area contributed by atoms with Crippen LogP contribution in [0, 0.1) is 0 Å². The zero-order chi connectivity index (χ0) is 20.9. The van der Waals surface area contributed by atoms with Crippen molar-refractivity contribution in [1.29, 1.82) is 0 Å². The second-order valence-corrected chi connectivity index (χ2v) is 8.94. The van der Waals surface area contributed by atoms with Crippen LogP contribution in [-0.2, 0) is 21.4 Å². The number of rotatable bonds is 7. The van der Waals surface area contributed by atoms with Gasteiger partial charge >= 0.3 is 0 Å². The number of pyridine rings is 1. The van der Waals surface area contributed by atoms with Gasteiger partial charge in [-0.1, -0.05) is 25.3 Å². The molecule has 29 heavy (non-hydrogen) atoms. The minimum atomic E-state index is -4.06. The molecular weight excluding hydrogens is 394 g/mol. The van der Waals surface area contributed by atoms with Crippen LogP contribution in [0.1, 0.15) is 37.7 Å². The lowest BCUT2D eigenvalue weighted by atomic mass is 9.81. The van der Waals surface area contributed by atoms with E-state index >= 15 is 0 Å². The van der Waals surface area contributed by atoms with Crippen molar-refractivity contribution in [3.05, 3.63) is 54.4 Å². The largest absolute Gasteiger partial charge is 0.497 e. The van der Waals surface area contributed by atoms with Crippen molar-refractivity contribution >= 4 is 15.9 Å². The Labute approximate surface area is 170 Å². The van der Waals surface area contributed by atoms with Gasteiger partial charge in [0.05, 0.1) is 12.0 Å². The molecule has 1 amide bonds. The summed E-state index contributed by atoms with van der Waals surface area (Å²) in [6.45, 7) is -0.0321. The molecule has 1 fully saturated rings. The molecule has 8 nitrogen and oxygen atoms in total. The summed E-state index contributed by atoms with van der Waals surface area (Å²) >= 11 is 0. The van der Waals surface area contributed by atoms with E-state index in [9.17, 15) is 18.4 Å². The molecule has 0 saturated heterocycles. The second kappa shape index (κ2) is 8.89. The Morgan fingerprint density at radius 2 is 1.90 bits per heavy atom. The summed E-state index contributed by atoms with van der Waals surface area (Å²) in [5.41, 5.74) is 0.983. The number of hydrogen-bond acceptors (Lipinski definition) is 6. The van der Waals surface area contributed by atoms with E-state index in [0.717, 1.165) is 6.42 Å². The maximum Gasteiger partial charge on any atom is 0.264 e. The molecule has 1 heterocycles. The summed E-state index contributed by atoms with van der Waals surface area (Å²) in [4.78, 5) is 16.9. The zero-order valence-corrected chi connectivity index (χ0v) is 17.1. The van der Waals surface area contributed by atoms with E-state index in [2.05, 4.69) is 4.98 Å². The molecule has 0 bridgehead atoms. The SMILES string of the molecule is COc1ccc(S(=O)(=O)N(Cc2cccnc2)C2(C(=O)NO)CCCCC2)cc1. The highest BCUT2D eigenvalue weighted by Gasteiger charge is 2.50. The number of carbonyl (C=O) groups excluding carboxylic acids is 1. The first-order chi connectivity index (χ1) is 13.9. The van der Waals surface area contributed by atoms with Gasteiger partial charge in [-0.15, -0.1) is 0 Å². The van der Waals surface area contributed by atoms with E-state index in [1.807, 2.05) is 0 Å². The van der Waals surface area contributed by atoms with Gasteiger partial charge in [-0.05, 0) is 48.7 Å². The van der Waals surface area contributed by atoms with Gasteiger partial charge in [0.1, 0.15) is 11.3 Å². The number of methoxy groups -OCH3 is 1. The molecule has 1 saturated carbocycles. The molecule has 156 valence electrons. The lowest BCUT2D eigenvalue weighted by molar-refractivity contribution is -0.141. The fraction of sp³-hybridized carbons (Fsp3) is 0.400. The highest BCUT2D eigenvalue weighted by molar-refractivity contribution is 7.89. The second-order valence-electron chi connectivity index (χ2n) is 7.08. The quantitative estimate of drug-likeness (QED) is 0.527. The third-order valence-corrected chi connectivity index (χ3v) is 7.31. The number of amides is 1. The normalized spacial score (nSPS) is 16.4. The Morgan fingerprint density at radius 1 is 1.21 bits per heavy atom. The third kappa shape index (κ3) is 4.26. The Hall–Kier alpha value is -2.49. The number of aromatic nitrogens is 1. The van der Waals surface area contributed by atoms with Crippen LogP contribution in [0.2, 0.25) is 0 Å². The molecule has 2 aromatic rings. The summed E-state index contributed by atoms with van der Waals surface area (Å²) in [6.07, 6.45) is 6.12. The molecule has 1 aliphatic rings. The number of nitrogens with zero attached hydrogens (tertiary/aromatic N) is 2. The van der Waals surface area contributed by atoms with Crippen LogP contribution in [0.3, 0.4) is 0 Å². The standard InChI is InChI=1S/C20H25N3O5S/c1-28-17-7-9-18(10-8-17)29(26,27)23(15-16-6-5-13-21-14-16)20(19(24)22-25)11-3-2-4-12-20/h5-10,13-14,25H,2-4,11-12,15H2,1H3,(H,22,24). The topological polar surface area (TPSA) is 109 Å². The summed E-state index contributed by atoms with van der Waals surface area (Å²) in [6, 6.07) is 9.52. The van der Waals surface area contributed by atoms with Gasteiger partial charge in [0.2, 0.25) is 10.0 Å². The Balaban J connectivity index is 2.11. The van der Waals surface area contributed by atoms with Crippen molar-refractivity contribution in [2.75, 3.05) is 7.11 Å². The minimum absolute atomic E-state index is 0.0321. The zero-order valence-electron chi connectivity index (χ0n) is 16.2. The monoisotopic (exact) mass is 419 g/mol. The molecule has 3 rings (SSSR count). The van der Waals surface area contributed by atoms with E-state index in [4.69, 9.17) is 4.74 Å². The highest BCUT2D eigenvalue weighted by Crippen LogP contribution is 2.39. The van der Waals surface area contributed by atoms with Gasteiger partial charge < -0.3 is 4.74 Å². The van der Waals surface area contributed by atoms with E-state index in [0.29, 0.717) is 37.0 Å². The van der Waals surface area contributed by atoms with Crippen LogP contribution in [0.25, 0.3) is 0 Å². The summed E-state index contributed by atoms with van der Waals surface area (Å²) in [5, 5.41) is 9.42. The molecule has 0 unspecified atom stereocenters. The van der Waals surface area contributed by atoms with E-state index in [1.54, 1.807) is 42.1 Å². The van der Waals surface area contributed by atoms with Crippen LogP contribution in [0.4, 0.5) is 0 Å². The van der Waals surface area contributed by atoms with Gasteiger partial charge in [-0.2, -0.15) is 4.31 Å². The van der Waals surface area contributed by atoms with Crippen LogP contribution in [0.5, 0.6) is 5.75 Å². The first-order valence-electron chi connectivity index (χ1n) is 9.44. The molecule has 2 N–H and O–H groups in total. The first-order valence-corrected chi connectivity index (χ1v) is 10.9. The van der Waals surface area contributed by atoms with Crippen molar-refractivity contribution < 1.29 is 23.2 Å². The molecule has 0 aliphatic heterocycles. The number of sulfonamides is 1. The molecule has 0 atom stereocenters. The van der Waals surface area contributed by atoms with Crippen molar-refractivity contribution in [2.24, 2.45) is 0 Å². The number of benzene rings is 1. The number of carbonyl (C=O) groups is 1. The molecule has 9 heteroatoms. The van der Waals surface area contributed by atoms with E-state index in [-0.39, 0.29) is 11.4 Å². The van der Waals surface area contributed by atoms with Crippen LogP contribution in [-0.4, -0.2) is 41.5 Å². The van der Waals surface area contributed by atoms with Crippen LogP contribution >= 0.6 is 0 Å². The van der Waals surface area contributed by atoms with Crippen LogP contribution in [0.15, 0.2) is 53.7 Å². The predicted molar refractivity (Wildman–Crippen MR) is 106 cm³/mol. The van der Waals surface area contributed by atoms with Gasteiger partial charge in [-0.3, -0.25) is 15.0 Å². The van der Waals surface area contributed by atoms with Gasteiger partial charge in [0.25, 0.3) is 5.91 Å². The fourth-order valence-electron chi connectivity index (χ4n) is 3.83. The maximum absolute atomic E-state index is 13.7. The molecule has 0 spiro atoms. The first kappa shape index (κ1) is 21.2. The van der Waals surface area contributed by atoms with Crippen molar-refractivity contribution in [1.82, 2.24) is 14.8 Å². The Kier molecular flexibility index (Phi) is 6.51. The molecule has 0 radical (unpaired) electrons. The summed E-state index contributed by atoms with van der Waals surface area (Å²) in [5.74, 6) is -0.179. The summed E-state index contributed by atoms with van der Waals surface area (Å²) in [7, 11) is -2.56. The summed E-state index contributed by atoms with van der Waals surface area (Å²) < 4.78 is 33.7. The molecule has 1 aromatic heterocycles. The number of hydrogen-bond donors (Lipinski definition) is 2. The average molecular weight is 420 g/mol. The molecule has 1 aliphatic carbocycles. The van der Waals surface area contributed by atoms with Gasteiger partial charge in [0.15, 0.2) is 0 Å².